The third-order valence-electron chi connectivity index (χ3n) is 2.99. The van der Waals surface area contributed by atoms with Crippen molar-refractivity contribution in [2.24, 2.45) is 11.7 Å². The molecule has 1 aromatic carbocycles. The van der Waals surface area contributed by atoms with E-state index >= 15 is 0 Å². The molecule has 0 spiro atoms. The van der Waals surface area contributed by atoms with Crippen molar-refractivity contribution in [2.45, 2.75) is 33.1 Å². The summed E-state index contributed by atoms with van der Waals surface area (Å²) in [6, 6.07) is 7.44. The molecule has 4 nitrogen and oxygen atoms in total. The standard InChI is InChI=1S/C14H24N2O2S/c1-4-16(10-12(2)3)19(17,18)11-14-8-6-5-7-13(14)9-15/h5-8,12H,4,9-11,15H2,1-3H3. The molecule has 0 heterocycles. The van der Waals surface area contributed by atoms with Gasteiger partial charge in [-0.3, -0.25) is 0 Å². The van der Waals surface area contributed by atoms with Crippen LogP contribution in [0.2, 0.25) is 0 Å². The van der Waals surface area contributed by atoms with Gasteiger partial charge in [0.25, 0.3) is 0 Å². The van der Waals surface area contributed by atoms with E-state index in [4.69, 9.17) is 5.73 Å². The molecule has 0 atom stereocenters. The van der Waals surface area contributed by atoms with Crippen LogP contribution in [0.1, 0.15) is 31.9 Å². The first-order valence-electron chi connectivity index (χ1n) is 6.65. The summed E-state index contributed by atoms with van der Waals surface area (Å²) in [5.74, 6) is 0.348. The van der Waals surface area contributed by atoms with Gasteiger partial charge in [-0.05, 0) is 17.0 Å². The second-order valence-corrected chi connectivity index (χ2v) is 7.04. The molecule has 1 rings (SSSR count). The Morgan fingerprint density at radius 3 is 2.26 bits per heavy atom. The van der Waals surface area contributed by atoms with Crippen LogP contribution < -0.4 is 5.73 Å². The van der Waals surface area contributed by atoms with Gasteiger partial charge in [-0.1, -0.05) is 45.0 Å². The summed E-state index contributed by atoms with van der Waals surface area (Å²) in [6.45, 7) is 7.34. The molecule has 19 heavy (non-hydrogen) atoms. The van der Waals surface area contributed by atoms with E-state index in [0.29, 0.717) is 25.6 Å². The molecule has 0 aliphatic carbocycles. The zero-order valence-corrected chi connectivity index (χ0v) is 12.8. The summed E-state index contributed by atoms with van der Waals surface area (Å²) < 4.78 is 26.4. The number of hydrogen-bond donors (Lipinski definition) is 1. The molecule has 0 aliphatic heterocycles. The normalized spacial score (nSPS) is 12.3. The lowest BCUT2D eigenvalue weighted by Crippen LogP contribution is -2.35. The Bertz CT molecular complexity index is 498. The van der Waals surface area contributed by atoms with Crippen molar-refractivity contribution >= 4 is 10.0 Å². The van der Waals surface area contributed by atoms with Gasteiger partial charge in [0, 0.05) is 19.6 Å². The van der Waals surface area contributed by atoms with Gasteiger partial charge in [0.15, 0.2) is 0 Å². The van der Waals surface area contributed by atoms with Gasteiger partial charge in [0.1, 0.15) is 0 Å². The fraction of sp³-hybridized carbons (Fsp3) is 0.571. The predicted molar refractivity (Wildman–Crippen MR) is 79.0 cm³/mol. The maximum absolute atomic E-state index is 12.4. The lowest BCUT2D eigenvalue weighted by molar-refractivity contribution is 0.380. The van der Waals surface area contributed by atoms with Crippen LogP contribution in [0.25, 0.3) is 0 Å². The third kappa shape index (κ3) is 4.60. The van der Waals surface area contributed by atoms with Gasteiger partial charge in [0.05, 0.1) is 5.75 Å². The quantitative estimate of drug-likeness (QED) is 0.832. The van der Waals surface area contributed by atoms with E-state index in [1.807, 2.05) is 45.0 Å². The Hall–Kier alpha value is -0.910. The fourth-order valence-electron chi connectivity index (χ4n) is 2.03. The monoisotopic (exact) mass is 284 g/mol. The van der Waals surface area contributed by atoms with Crippen molar-refractivity contribution in [2.75, 3.05) is 13.1 Å². The summed E-state index contributed by atoms with van der Waals surface area (Å²) in [5.41, 5.74) is 7.34. The average Bonchev–Trinajstić information content (AvgIpc) is 2.35. The number of nitrogens with two attached hydrogens (primary N) is 1. The number of sulfonamides is 1. The minimum absolute atomic E-state index is 0.0287. The van der Waals surface area contributed by atoms with Gasteiger partial charge in [-0.25, -0.2) is 12.7 Å². The van der Waals surface area contributed by atoms with E-state index in [9.17, 15) is 8.42 Å². The molecule has 0 unspecified atom stereocenters. The van der Waals surface area contributed by atoms with Gasteiger partial charge in [-0.2, -0.15) is 0 Å². The van der Waals surface area contributed by atoms with Crippen molar-refractivity contribution in [3.05, 3.63) is 35.4 Å². The number of hydrogen-bond acceptors (Lipinski definition) is 3. The van der Waals surface area contributed by atoms with Crippen LogP contribution in [0.15, 0.2) is 24.3 Å². The first-order valence-corrected chi connectivity index (χ1v) is 8.26. The highest BCUT2D eigenvalue weighted by molar-refractivity contribution is 7.88. The summed E-state index contributed by atoms with van der Waals surface area (Å²) in [4.78, 5) is 0. The highest BCUT2D eigenvalue weighted by Crippen LogP contribution is 2.16. The van der Waals surface area contributed by atoms with Crippen LogP contribution >= 0.6 is 0 Å². The lowest BCUT2D eigenvalue weighted by atomic mass is 10.1. The van der Waals surface area contributed by atoms with Crippen LogP contribution in [0.3, 0.4) is 0 Å². The van der Waals surface area contributed by atoms with E-state index in [1.165, 1.54) is 0 Å². The molecule has 0 bridgehead atoms. The largest absolute Gasteiger partial charge is 0.326 e. The second-order valence-electron chi connectivity index (χ2n) is 5.07. The van der Waals surface area contributed by atoms with E-state index in [-0.39, 0.29) is 5.75 Å². The average molecular weight is 284 g/mol. The van der Waals surface area contributed by atoms with Gasteiger partial charge in [0.2, 0.25) is 10.0 Å². The van der Waals surface area contributed by atoms with Crippen LogP contribution in [0, 0.1) is 5.92 Å². The maximum Gasteiger partial charge on any atom is 0.218 e. The summed E-state index contributed by atoms with van der Waals surface area (Å²) in [5, 5.41) is 0. The molecular weight excluding hydrogens is 260 g/mol. The van der Waals surface area contributed by atoms with Gasteiger partial charge < -0.3 is 5.73 Å². The van der Waals surface area contributed by atoms with Crippen LogP contribution in [-0.2, 0) is 22.3 Å². The molecule has 0 fully saturated rings. The fourth-order valence-corrected chi connectivity index (χ4v) is 3.81. The van der Waals surface area contributed by atoms with Crippen LogP contribution in [-0.4, -0.2) is 25.8 Å². The predicted octanol–water partition coefficient (Wildman–Crippen LogP) is 1.95. The second kappa shape index (κ2) is 7.03. The molecule has 0 radical (unpaired) electrons. The Balaban J connectivity index is 2.95. The molecule has 5 heteroatoms. The van der Waals surface area contributed by atoms with Crippen molar-refractivity contribution in [1.82, 2.24) is 4.31 Å². The minimum Gasteiger partial charge on any atom is -0.326 e. The van der Waals surface area contributed by atoms with Gasteiger partial charge >= 0.3 is 0 Å². The highest BCUT2D eigenvalue weighted by atomic mass is 32.2. The van der Waals surface area contributed by atoms with Gasteiger partial charge in [-0.15, -0.1) is 0 Å². The first-order chi connectivity index (χ1) is 8.90. The van der Waals surface area contributed by atoms with E-state index in [0.717, 1.165) is 11.1 Å². The van der Waals surface area contributed by atoms with Crippen molar-refractivity contribution < 1.29 is 8.42 Å². The number of rotatable bonds is 7. The summed E-state index contributed by atoms with van der Waals surface area (Å²) in [6.07, 6.45) is 0. The zero-order chi connectivity index (χ0) is 14.5. The number of benzene rings is 1. The molecule has 1 aromatic rings. The smallest absolute Gasteiger partial charge is 0.218 e. The molecule has 0 saturated carbocycles. The first kappa shape index (κ1) is 16.1. The topological polar surface area (TPSA) is 63.4 Å². The maximum atomic E-state index is 12.4. The molecule has 0 aliphatic rings. The zero-order valence-electron chi connectivity index (χ0n) is 12.0. The molecule has 108 valence electrons. The Morgan fingerprint density at radius 1 is 1.21 bits per heavy atom. The Kier molecular flexibility index (Phi) is 5.97. The molecule has 0 aromatic heterocycles. The Morgan fingerprint density at radius 2 is 1.79 bits per heavy atom. The lowest BCUT2D eigenvalue weighted by Gasteiger charge is -2.23. The van der Waals surface area contributed by atoms with Crippen LogP contribution in [0.5, 0.6) is 0 Å². The van der Waals surface area contributed by atoms with Crippen molar-refractivity contribution in [3.8, 4) is 0 Å². The van der Waals surface area contributed by atoms with Crippen molar-refractivity contribution in [1.29, 1.82) is 0 Å². The van der Waals surface area contributed by atoms with E-state index < -0.39 is 10.0 Å². The van der Waals surface area contributed by atoms with Crippen molar-refractivity contribution in [3.63, 3.8) is 0 Å². The molecule has 2 N–H and O–H groups in total. The molecule has 0 amide bonds. The van der Waals surface area contributed by atoms with E-state index in [1.54, 1.807) is 4.31 Å². The van der Waals surface area contributed by atoms with Crippen LogP contribution in [0.4, 0.5) is 0 Å². The third-order valence-corrected chi connectivity index (χ3v) is 4.86. The molecule has 0 saturated heterocycles. The minimum atomic E-state index is -3.28. The SMILES string of the molecule is CCN(CC(C)C)S(=O)(=O)Cc1ccccc1CN. The Labute approximate surface area is 116 Å². The van der Waals surface area contributed by atoms with E-state index in [2.05, 4.69) is 0 Å². The summed E-state index contributed by atoms with van der Waals surface area (Å²) >= 11 is 0. The summed E-state index contributed by atoms with van der Waals surface area (Å²) in [7, 11) is -3.28. The highest BCUT2D eigenvalue weighted by Gasteiger charge is 2.22. The number of nitrogens with zero attached hydrogens (tertiary/aromatic N) is 1. The molecular formula is C14H24N2O2S.